The summed E-state index contributed by atoms with van der Waals surface area (Å²) in [6, 6.07) is 15.9. The number of carbonyl (C=O) groups excluding carboxylic acids is 1. The highest BCUT2D eigenvalue weighted by atomic mass is 16.2. The van der Waals surface area contributed by atoms with Crippen molar-refractivity contribution in [2.45, 2.75) is 51.2 Å². The summed E-state index contributed by atoms with van der Waals surface area (Å²) in [6.45, 7) is 0.744. The van der Waals surface area contributed by atoms with Gasteiger partial charge in [0, 0.05) is 18.3 Å². The summed E-state index contributed by atoms with van der Waals surface area (Å²) in [4.78, 5) is 31.7. The topological polar surface area (TPSA) is 67.2 Å². The van der Waals surface area contributed by atoms with Crippen LogP contribution in [0, 0.1) is 0 Å². The molecule has 0 aliphatic heterocycles. The van der Waals surface area contributed by atoms with Crippen molar-refractivity contribution in [3.63, 3.8) is 0 Å². The Morgan fingerprint density at radius 3 is 2.67 bits per heavy atom. The Hall–Kier alpha value is -2.99. The molecule has 1 aromatic heterocycles. The molecule has 0 unspecified atom stereocenters. The van der Waals surface area contributed by atoms with Crippen molar-refractivity contribution in [1.29, 1.82) is 0 Å². The van der Waals surface area contributed by atoms with Crippen molar-refractivity contribution in [2.24, 2.45) is 0 Å². The molecule has 4 rings (SSSR count). The summed E-state index contributed by atoms with van der Waals surface area (Å²) in [5.41, 5.74) is 2.96. The van der Waals surface area contributed by atoms with Crippen LogP contribution < -0.4 is 10.9 Å². The SMILES string of the molecule is CN(Cc1ccccc1NC(=O)Cn1c(=O)cnc2ccccc21)C1CCCCC1. The van der Waals surface area contributed by atoms with Gasteiger partial charge in [0.1, 0.15) is 6.54 Å². The van der Waals surface area contributed by atoms with Gasteiger partial charge in [-0.25, -0.2) is 4.98 Å². The van der Waals surface area contributed by atoms with Crippen LogP contribution in [0.5, 0.6) is 0 Å². The standard InChI is InChI=1S/C24H28N4O2/c1-27(19-10-3-2-4-11-19)16-18-9-5-6-12-20(18)26-23(29)17-28-22-14-8-7-13-21(22)25-15-24(28)30/h5-9,12-15,19H,2-4,10-11,16-17H2,1H3,(H,26,29). The van der Waals surface area contributed by atoms with E-state index < -0.39 is 0 Å². The fourth-order valence-corrected chi connectivity index (χ4v) is 4.31. The summed E-state index contributed by atoms with van der Waals surface area (Å²) in [6.07, 6.45) is 7.67. The van der Waals surface area contributed by atoms with E-state index in [2.05, 4.69) is 28.3 Å². The third-order valence-corrected chi connectivity index (χ3v) is 5.96. The Morgan fingerprint density at radius 2 is 1.83 bits per heavy atom. The van der Waals surface area contributed by atoms with Crippen molar-refractivity contribution < 1.29 is 4.79 Å². The minimum atomic E-state index is -0.283. The van der Waals surface area contributed by atoms with Crippen LogP contribution >= 0.6 is 0 Å². The summed E-state index contributed by atoms with van der Waals surface area (Å²) < 4.78 is 1.47. The molecule has 1 fully saturated rings. The van der Waals surface area contributed by atoms with Gasteiger partial charge < -0.3 is 5.32 Å². The predicted molar refractivity (Wildman–Crippen MR) is 119 cm³/mol. The van der Waals surface area contributed by atoms with Crippen LogP contribution in [-0.2, 0) is 17.9 Å². The molecule has 2 aromatic carbocycles. The molecule has 0 spiro atoms. The first-order chi connectivity index (χ1) is 14.6. The van der Waals surface area contributed by atoms with Gasteiger partial charge in [-0.1, -0.05) is 49.6 Å². The summed E-state index contributed by atoms with van der Waals surface area (Å²) in [5, 5.41) is 3.01. The Bertz CT molecular complexity index is 1090. The van der Waals surface area contributed by atoms with Crippen LogP contribution in [0.15, 0.2) is 59.5 Å². The number of rotatable bonds is 6. The van der Waals surface area contributed by atoms with E-state index in [1.165, 1.54) is 42.9 Å². The molecule has 1 N–H and O–H groups in total. The molecular formula is C24H28N4O2. The number of anilines is 1. The van der Waals surface area contributed by atoms with E-state index in [1.54, 1.807) is 0 Å². The highest BCUT2D eigenvalue weighted by Crippen LogP contribution is 2.25. The summed E-state index contributed by atoms with van der Waals surface area (Å²) >= 11 is 0. The number of aromatic nitrogens is 2. The second kappa shape index (κ2) is 9.22. The molecule has 1 amide bonds. The number of amides is 1. The van der Waals surface area contributed by atoms with E-state index in [1.807, 2.05) is 42.5 Å². The largest absolute Gasteiger partial charge is 0.324 e. The third-order valence-electron chi connectivity index (χ3n) is 5.96. The Labute approximate surface area is 176 Å². The second-order valence-electron chi connectivity index (χ2n) is 8.08. The molecule has 0 atom stereocenters. The molecule has 0 saturated heterocycles. The molecule has 1 aliphatic carbocycles. The van der Waals surface area contributed by atoms with Gasteiger partial charge in [-0.3, -0.25) is 19.1 Å². The monoisotopic (exact) mass is 404 g/mol. The van der Waals surface area contributed by atoms with Crippen LogP contribution in [-0.4, -0.2) is 33.4 Å². The zero-order valence-corrected chi connectivity index (χ0v) is 17.4. The molecule has 156 valence electrons. The minimum Gasteiger partial charge on any atom is -0.324 e. The quantitative estimate of drug-likeness (QED) is 0.679. The number of benzene rings is 2. The molecule has 6 heteroatoms. The van der Waals surface area contributed by atoms with Crippen LogP contribution in [0.2, 0.25) is 0 Å². The molecule has 1 saturated carbocycles. The van der Waals surface area contributed by atoms with Crippen LogP contribution in [0.4, 0.5) is 5.69 Å². The molecule has 1 heterocycles. The van der Waals surface area contributed by atoms with Gasteiger partial charge in [-0.05, 0) is 43.7 Å². The maximum absolute atomic E-state index is 12.8. The van der Waals surface area contributed by atoms with Crippen molar-refractivity contribution in [3.05, 3.63) is 70.6 Å². The average Bonchev–Trinajstić information content (AvgIpc) is 2.77. The minimum absolute atomic E-state index is 0.0470. The zero-order chi connectivity index (χ0) is 20.9. The molecule has 6 nitrogen and oxygen atoms in total. The van der Waals surface area contributed by atoms with Gasteiger partial charge >= 0.3 is 0 Å². The summed E-state index contributed by atoms with van der Waals surface area (Å²) in [5.74, 6) is -0.221. The normalized spacial score (nSPS) is 14.9. The lowest BCUT2D eigenvalue weighted by Gasteiger charge is -2.31. The van der Waals surface area contributed by atoms with E-state index in [0.29, 0.717) is 17.1 Å². The van der Waals surface area contributed by atoms with E-state index >= 15 is 0 Å². The van der Waals surface area contributed by atoms with Gasteiger partial charge in [-0.15, -0.1) is 0 Å². The fraction of sp³-hybridized carbons (Fsp3) is 0.375. The molecule has 3 aromatic rings. The number of para-hydroxylation sites is 3. The number of hydrogen-bond acceptors (Lipinski definition) is 4. The van der Waals surface area contributed by atoms with Crippen molar-refractivity contribution >= 4 is 22.6 Å². The van der Waals surface area contributed by atoms with Gasteiger partial charge in [0.2, 0.25) is 5.91 Å². The molecule has 30 heavy (non-hydrogen) atoms. The predicted octanol–water partition coefficient (Wildman–Crippen LogP) is 3.80. The molecule has 0 bridgehead atoms. The van der Waals surface area contributed by atoms with Crippen LogP contribution in [0.1, 0.15) is 37.7 Å². The number of carbonyl (C=O) groups is 1. The van der Waals surface area contributed by atoms with Crippen molar-refractivity contribution in [1.82, 2.24) is 14.5 Å². The summed E-state index contributed by atoms with van der Waals surface area (Å²) in [7, 11) is 2.16. The highest BCUT2D eigenvalue weighted by molar-refractivity contribution is 5.92. The highest BCUT2D eigenvalue weighted by Gasteiger charge is 2.19. The molecular weight excluding hydrogens is 376 g/mol. The first-order valence-corrected chi connectivity index (χ1v) is 10.6. The lowest BCUT2D eigenvalue weighted by molar-refractivity contribution is -0.116. The Kier molecular flexibility index (Phi) is 6.23. The lowest BCUT2D eigenvalue weighted by atomic mass is 9.94. The number of fused-ring (bicyclic) bond motifs is 1. The Balaban J connectivity index is 1.49. The molecule has 0 radical (unpaired) electrons. The average molecular weight is 405 g/mol. The molecule has 1 aliphatic rings. The number of nitrogens with one attached hydrogen (secondary N) is 1. The van der Waals surface area contributed by atoms with Crippen molar-refractivity contribution in [3.8, 4) is 0 Å². The zero-order valence-electron chi connectivity index (χ0n) is 17.4. The third kappa shape index (κ3) is 4.60. The maximum atomic E-state index is 12.8. The first kappa shape index (κ1) is 20.3. The lowest BCUT2D eigenvalue weighted by Crippen LogP contribution is -2.33. The maximum Gasteiger partial charge on any atom is 0.269 e. The van der Waals surface area contributed by atoms with E-state index in [4.69, 9.17) is 0 Å². The first-order valence-electron chi connectivity index (χ1n) is 10.6. The number of nitrogens with zero attached hydrogens (tertiary/aromatic N) is 3. The van der Waals surface area contributed by atoms with Crippen LogP contribution in [0.3, 0.4) is 0 Å². The van der Waals surface area contributed by atoms with Gasteiger partial charge in [-0.2, -0.15) is 0 Å². The van der Waals surface area contributed by atoms with Gasteiger partial charge in [0.05, 0.1) is 17.2 Å². The van der Waals surface area contributed by atoms with Gasteiger partial charge in [0.25, 0.3) is 5.56 Å². The van der Waals surface area contributed by atoms with Crippen molar-refractivity contribution in [2.75, 3.05) is 12.4 Å². The number of hydrogen-bond donors (Lipinski definition) is 1. The van der Waals surface area contributed by atoms with Crippen LogP contribution in [0.25, 0.3) is 11.0 Å². The second-order valence-corrected chi connectivity index (χ2v) is 8.08. The van der Waals surface area contributed by atoms with E-state index in [0.717, 1.165) is 17.8 Å². The van der Waals surface area contributed by atoms with Gasteiger partial charge in [0.15, 0.2) is 0 Å². The van der Waals surface area contributed by atoms with E-state index in [-0.39, 0.29) is 18.0 Å². The smallest absolute Gasteiger partial charge is 0.269 e. The fourth-order valence-electron chi connectivity index (χ4n) is 4.31. The van der Waals surface area contributed by atoms with E-state index in [9.17, 15) is 9.59 Å². The Morgan fingerprint density at radius 1 is 1.10 bits per heavy atom.